The standard InChI is InChI=1S/C43H37BO2/c1-41(2)42(3,4)46-44(45-41)36-26-24-31(25-27-36)33-17-13-19-35(29-33)43(34-18-12-16-32(28-34)30-14-6-5-7-15-30)39-22-10-8-20-37(39)38-21-9-11-23-40(38)43/h5-29H,1-4H3. The zero-order chi connectivity index (χ0) is 31.5. The molecule has 1 fully saturated rings. The summed E-state index contributed by atoms with van der Waals surface area (Å²) in [6, 6.07) is 55.4. The Bertz CT molecular complexity index is 2000. The van der Waals surface area contributed by atoms with Crippen LogP contribution in [0.3, 0.4) is 0 Å². The van der Waals surface area contributed by atoms with Crippen LogP contribution in [-0.4, -0.2) is 18.3 Å². The molecule has 46 heavy (non-hydrogen) atoms. The van der Waals surface area contributed by atoms with E-state index in [0.717, 1.165) is 11.0 Å². The quantitative estimate of drug-likeness (QED) is 0.184. The Labute approximate surface area is 272 Å². The molecule has 224 valence electrons. The summed E-state index contributed by atoms with van der Waals surface area (Å²) in [4.78, 5) is 0. The summed E-state index contributed by atoms with van der Waals surface area (Å²) >= 11 is 0. The van der Waals surface area contributed by atoms with Crippen LogP contribution in [0.2, 0.25) is 0 Å². The topological polar surface area (TPSA) is 18.5 Å². The van der Waals surface area contributed by atoms with E-state index in [1.54, 1.807) is 0 Å². The van der Waals surface area contributed by atoms with Crippen LogP contribution >= 0.6 is 0 Å². The van der Waals surface area contributed by atoms with Crippen molar-refractivity contribution in [1.29, 1.82) is 0 Å². The summed E-state index contributed by atoms with van der Waals surface area (Å²) in [5.41, 5.74) is 12.3. The molecule has 8 rings (SSSR count). The molecule has 0 N–H and O–H groups in total. The molecule has 0 aromatic heterocycles. The van der Waals surface area contributed by atoms with Crippen molar-refractivity contribution in [3.63, 3.8) is 0 Å². The summed E-state index contributed by atoms with van der Waals surface area (Å²) in [5.74, 6) is 0. The lowest BCUT2D eigenvalue weighted by Crippen LogP contribution is -2.41. The van der Waals surface area contributed by atoms with Crippen LogP contribution in [0.4, 0.5) is 0 Å². The van der Waals surface area contributed by atoms with Crippen LogP contribution in [0.25, 0.3) is 33.4 Å². The van der Waals surface area contributed by atoms with Gasteiger partial charge in [-0.2, -0.15) is 0 Å². The zero-order valence-corrected chi connectivity index (χ0v) is 26.8. The van der Waals surface area contributed by atoms with E-state index in [1.807, 2.05) is 0 Å². The van der Waals surface area contributed by atoms with Crippen LogP contribution in [-0.2, 0) is 14.7 Å². The first-order valence-electron chi connectivity index (χ1n) is 16.2. The maximum atomic E-state index is 6.33. The van der Waals surface area contributed by atoms with Gasteiger partial charge in [-0.1, -0.05) is 140 Å². The van der Waals surface area contributed by atoms with Gasteiger partial charge in [-0.15, -0.1) is 0 Å². The van der Waals surface area contributed by atoms with E-state index >= 15 is 0 Å². The van der Waals surface area contributed by atoms with Gasteiger partial charge in [0.25, 0.3) is 0 Å². The first-order chi connectivity index (χ1) is 22.3. The second kappa shape index (κ2) is 10.7. The molecule has 0 spiro atoms. The first-order valence-corrected chi connectivity index (χ1v) is 16.2. The van der Waals surface area contributed by atoms with Gasteiger partial charge in [0.15, 0.2) is 0 Å². The van der Waals surface area contributed by atoms with Crippen LogP contribution in [0.15, 0.2) is 152 Å². The van der Waals surface area contributed by atoms with Crippen molar-refractivity contribution < 1.29 is 9.31 Å². The minimum atomic E-state index is -0.476. The van der Waals surface area contributed by atoms with Crippen LogP contribution in [0.5, 0.6) is 0 Å². The highest BCUT2D eigenvalue weighted by molar-refractivity contribution is 6.62. The van der Waals surface area contributed by atoms with Crippen LogP contribution in [0, 0.1) is 0 Å². The molecule has 0 saturated carbocycles. The molecular weight excluding hydrogens is 559 g/mol. The van der Waals surface area contributed by atoms with Gasteiger partial charge in [0.2, 0.25) is 0 Å². The molecule has 1 aliphatic carbocycles. The lowest BCUT2D eigenvalue weighted by atomic mass is 9.67. The SMILES string of the molecule is CC1(C)OB(c2ccc(-c3cccc(C4(c5cccc(-c6ccccc6)c5)c5ccccc5-c5ccccc54)c3)cc2)OC1(C)C. The highest BCUT2D eigenvalue weighted by atomic mass is 16.7. The van der Waals surface area contributed by atoms with Gasteiger partial charge in [0.05, 0.1) is 16.6 Å². The van der Waals surface area contributed by atoms with Gasteiger partial charge in [-0.05, 0) is 101 Å². The van der Waals surface area contributed by atoms with E-state index in [4.69, 9.17) is 9.31 Å². The largest absolute Gasteiger partial charge is 0.494 e. The molecule has 1 heterocycles. The summed E-state index contributed by atoms with van der Waals surface area (Å²) in [7, 11) is -0.378. The molecule has 0 radical (unpaired) electrons. The van der Waals surface area contributed by atoms with E-state index in [1.165, 1.54) is 50.1 Å². The fourth-order valence-corrected chi connectivity index (χ4v) is 7.33. The Hall–Kier alpha value is -4.70. The Morgan fingerprint density at radius 1 is 0.413 bits per heavy atom. The fourth-order valence-electron chi connectivity index (χ4n) is 7.33. The highest BCUT2D eigenvalue weighted by Crippen LogP contribution is 2.56. The van der Waals surface area contributed by atoms with E-state index < -0.39 is 5.41 Å². The molecule has 1 saturated heterocycles. The van der Waals surface area contributed by atoms with Gasteiger partial charge in [-0.3, -0.25) is 0 Å². The summed E-state index contributed by atoms with van der Waals surface area (Å²) in [6.45, 7) is 8.38. The third kappa shape index (κ3) is 4.41. The first kappa shape index (κ1) is 28.8. The second-order valence-corrected chi connectivity index (χ2v) is 13.6. The second-order valence-electron chi connectivity index (χ2n) is 13.6. The van der Waals surface area contributed by atoms with Gasteiger partial charge >= 0.3 is 7.12 Å². The van der Waals surface area contributed by atoms with Crippen LogP contribution < -0.4 is 5.46 Å². The van der Waals surface area contributed by atoms with Gasteiger partial charge in [-0.25, -0.2) is 0 Å². The third-order valence-corrected chi connectivity index (χ3v) is 10.4. The number of hydrogen-bond acceptors (Lipinski definition) is 2. The van der Waals surface area contributed by atoms with Crippen molar-refractivity contribution in [1.82, 2.24) is 0 Å². The maximum absolute atomic E-state index is 6.33. The molecule has 6 aromatic carbocycles. The lowest BCUT2D eigenvalue weighted by molar-refractivity contribution is 0.00578. The number of rotatable bonds is 5. The Morgan fingerprint density at radius 2 is 0.848 bits per heavy atom. The predicted molar refractivity (Wildman–Crippen MR) is 190 cm³/mol. The van der Waals surface area contributed by atoms with E-state index in [0.29, 0.717) is 0 Å². The summed E-state index contributed by atoms with van der Waals surface area (Å²) in [5, 5.41) is 0. The van der Waals surface area contributed by atoms with Crippen molar-refractivity contribution in [2.24, 2.45) is 0 Å². The monoisotopic (exact) mass is 596 g/mol. The minimum Gasteiger partial charge on any atom is -0.399 e. The summed E-state index contributed by atoms with van der Waals surface area (Å²) in [6.07, 6.45) is 0. The highest BCUT2D eigenvalue weighted by Gasteiger charge is 2.51. The van der Waals surface area contributed by atoms with Gasteiger partial charge in [0, 0.05) is 0 Å². The zero-order valence-electron chi connectivity index (χ0n) is 26.8. The normalized spacial score (nSPS) is 17.0. The molecule has 1 aliphatic heterocycles. The van der Waals surface area contributed by atoms with Crippen LogP contribution in [0.1, 0.15) is 49.9 Å². The molecule has 3 heteroatoms. The minimum absolute atomic E-state index is 0.370. The maximum Gasteiger partial charge on any atom is 0.494 e. The average molecular weight is 597 g/mol. The van der Waals surface area contributed by atoms with Crippen molar-refractivity contribution in [3.8, 4) is 33.4 Å². The van der Waals surface area contributed by atoms with Crippen molar-refractivity contribution in [2.45, 2.75) is 44.3 Å². The molecule has 0 unspecified atom stereocenters. The number of fused-ring (bicyclic) bond motifs is 3. The molecular formula is C43H37BO2. The van der Waals surface area contributed by atoms with E-state index in [9.17, 15) is 0 Å². The third-order valence-electron chi connectivity index (χ3n) is 10.4. The van der Waals surface area contributed by atoms with Crippen molar-refractivity contribution in [3.05, 3.63) is 174 Å². The van der Waals surface area contributed by atoms with E-state index in [2.05, 4.69) is 179 Å². The Kier molecular flexibility index (Phi) is 6.69. The molecule has 0 atom stereocenters. The van der Waals surface area contributed by atoms with Gasteiger partial charge < -0.3 is 9.31 Å². The fraction of sp³-hybridized carbons (Fsp3) is 0.163. The van der Waals surface area contributed by atoms with Crippen molar-refractivity contribution >= 4 is 12.6 Å². The smallest absolute Gasteiger partial charge is 0.399 e. The average Bonchev–Trinajstić information content (AvgIpc) is 3.52. The molecule has 6 aromatic rings. The molecule has 2 aliphatic rings. The lowest BCUT2D eigenvalue weighted by Gasteiger charge is -2.34. The molecule has 0 bridgehead atoms. The Balaban J connectivity index is 1.28. The Morgan fingerprint density at radius 3 is 1.37 bits per heavy atom. The molecule has 0 amide bonds. The number of benzene rings is 6. The summed E-state index contributed by atoms with van der Waals surface area (Å²) < 4.78 is 12.7. The number of hydrogen-bond donors (Lipinski definition) is 0. The predicted octanol–water partition coefficient (Wildman–Crippen LogP) is 9.68. The van der Waals surface area contributed by atoms with E-state index in [-0.39, 0.29) is 18.3 Å². The molecule has 2 nitrogen and oxygen atoms in total. The van der Waals surface area contributed by atoms with Crippen molar-refractivity contribution in [2.75, 3.05) is 0 Å². The van der Waals surface area contributed by atoms with Gasteiger partial charge in [0.1, 0.15) is 0 Å².